The van der Waals surface area contributed by atoms with Crippen molar-refractivity contribution in [2.24, 2.45) is 5.92 Å². The van der Waals surface area contributed by atoms with E-state index in [0.29, 0.717) is 36.3 Å². The average molecular weight is 486 g/mol. The van der Waals surface area contributed by atoms with Crippen molar-refractivity contribution in [1.82, 2.24) is 4.31 Å². The lowest BCUT2D eigenvalue weighted by Crippen LogP contribution is -2.41. The molecule has 2 N–H and O–H groups in total. The van der Waals surface area contributed by atoms with Crippen molar-refractivity contribution in [1.29, 1.82) is 0 Å². The fourth-order valence-corrected chi connectivity index (χ4v) is 6.08. The summed E-state index contributed by atoms with van der Waals surface area (Å²) in [5.41, 5.74) is 4.03. The number of piperidine rings is 1. The van der Waals surface area contributed by atoms with Gasteiger partial charge in [-0.15, -0.1) is 0 Å². The molecule has 34 heavy (non-hydrogen) atoms. The highest BCUT2D eigenvalue weighted by atomic mass is 32.2. The molecule has 2 aromatic rings. The third kappa shape index (κ3) is 4.67. The summed E-state index contributed by atoms with van der Waals surface area (Å²) < 4.78 is 34.0. The number of carbonyl (C=O) groups is 2. The number of nitrogens with one attached hydrogen (secondary N) is 2. The van der Waals surface area contributed by atoms with Crippen LogP contribution in [0.25, 0.3) is 0 Å². The summed E-state index contributed by atoms with van der Waals surface area (Å²) in [4.78, 5) is 25.0. The molecule has 0 aliphatic carbocycles. The van der Waals surface area contributed by atoms with Gasteiger partial charge in [0.05, 0.1) is 10.6 Å². The van der Waals surface area contributed by atoms with Crippen molar-refractivity contribution in [3.8, 4) is 5.75 Å². The number of hydrogen-bond acceptors (Lipinski definition) is 5. The Morgan fingerprint density at radius 1 is 1.09 bits per heavy atom. The van der Waals surface area contributed by atoms with Crippen LogP contribution < -0.4 is 15.4 Å². The van der Waals surface area contributed by atoms with E-state index in [-0.39, 0.29) is 35.7 Å². The number of rotatable bonds is 5. The second-order valence-corrected chi connectivity index (χ2v) is 11.0. The number of fused-ring (bicyclic) bond motifs is 1. The van der Waals surface area contributed by atoms with Crippen molar-refractivity contribution in [2.75, 3.05) is 23.7 Å². The Kier molecular flexibility index (Phi) is 6.69. The molecule has 1 saturated heterocycles. The zero-order valence-corrected chi connectivity index (χ0v) is 20.8. The van der Waals surface area contributed by atoms with Gasteiger partial charge in [-0.25, -0.2) is 8.42 Å². The molecule has 0 aromatic heterocycles. The van der Waals surface area contributed by atoms with E-state index in [2.05, 4.69) is 10.6 Å². The molecule has 1 fully saturated rings. The van der Waals surface area contributed by atoms with Crippen LogP contribution in [0.3, 0.4) is 0 Å². The summed E-state index contributed by atoms with van der Waals surface area (Å²) in [6.07, 6.45) is 0.741. The maximum Gasteiger partial charge on any atom is 0.265 e. The van der Waals surface area contributed by atoms with Gasteiger partial charge in [0.1, 0.15) is 5.75 Å². The van der Waals surface area contributed by atoms with Gasteiger partial charge in [-0.3, -0.25) is 9.59 Å². The second kappa shape index (κ2) is 9.38. The normalized spacial score (nSPS) is 19.2. The summed E-state index contributed by atoms with van der Waals surface area (Å²) in [6.45, 7) is 8.08. The van der Waals surface area contributed by atoms with Gasteiger partial charge in [0.25, 0.3) is 5.91 Å². The summed E-state index contributed by atoms with van der Waals surface area (Å²) >= 11 is 0. The van der Waals surface area contributed by atoms with Gasteiger partial charge < -0.3 is 15.4 Å². The van der Waals surface area contributed by atoms with Crippen molar-refractivity contribution in [3.05, 3.63) is 47.0 Å². The number of amides is 2. The quantitative estimate of drug-likeness (QED) is 0.671. The van der Waals surface area contributed by atoms with Crippen LogP contribution >= 0.6 is 0 Å². The Morgan fingerprint density at radius 2 is 1.79 bits per heavy atom. The Morgan fingerprint density at radius 3 is 2.44 bits per heavy atom. The van der Waals surface area contributed by atoms with Crippen LogP contribution in [0.5, 0.6) is 5.75 Å². The minimum absolute atomic E-state index is 0.0833. The molecule has 2 heterocycles. The van der Waals surface area contributed by atoms with Crippen molar-refractivity contribution in [2.45, 2.75) is 58.0 Å². The SMILES string of the molecule is CCC1Oc2cc(S(=O)(=O)N3CCC(C(=O)Nc4ccc(C)c(C)c4)CC3)c(C)cc2NC1=O. The maximum absolute atomic E-state index is 13.4. The Bertz CT molecular complexity index is 1230. The first-order chi connectivity index (χ1) is 16.1. The summed E-state index contributed by atoms with van der Waals surface area (Å²) in [6, 6.07) is 8.93. The summed E-state index contributed by atoms with van der Waals surface area (Å²) in [5, 5.41) is 5.75. The van der Waals surface area contributed by atoms with Crippen LogP contribution in [0.15, 0.2) is 35.2 Å². The zero-order chi connectivity index (χ0) is 24.6. The molecule has 182 valence electrons. The minimum atomic E-state index is -3.77. The molecule has 2 aliphatic rings. The van der Waals surface area contributed by atoms with Crippen LogP contribution in [0, 0.1) is 26.7 Å². The molecule has 1 unspecified atom stereocenters. The van der Waals surface area contributed by atoms with Gasteiger partial charge in [-0.05, 0) is 74.9 Å². The summed E-state index contributed by atoms with van der Waals surface area (Å²) in [5.74, 6) is -0.203. The molecule has 4 rings (SSSR count). The summed E-state index contributed by atoms with van der Waals surface area (Å²) in [7, 11) is -3.77. The molecule has 9 heteroatoms. The van der Waals surface area contributed by atoms with E-state index >= 15 is 0 Å². The van der Waals surface area contributed by atoms with E-state index in [4.69, 9.17) is 4.74 Å². The average Bonchev–Trinajstić information content (AvgIpc) is 2.80. The third-order valence-electron chi connectivity index (χ3n) is 6.68. The first kappa shape index (κ1) is 24.2. The van der Waals surface area contributed by atoms with Gasteiger partial charge in [0.15, 0.2) is 6.10 Å². The lowest BCUT2D eigenvalue weighted by Gasteiger charge is -2.32. The molecule has 2 aliphatic heterocycles. The topological polar surface area (TPSA) is 105 Å². The van der Waals surface area contributed by atoms with Crippen LogP contribution in [0.4, 0.5) is 11.4 Å². The highest BCUT2D eigenvalue weighted by Crippen LogP contribution is 2.36. The number of aryl methyl sites for hydroxylation is 3. The largest absolute Gasteiger partial charge is 0.478 e. The van der Waals surface area contributed by atoms with Crippen molar-refractivity contribution >= 4 is 33.2 Å². The molecule has 0 radical (unpaired) electrons. The van der Waals surface area contributed by atoms with Gasteiger partial charge in [0, 0.05) is 30.8 Å². The third-order valence-corrected chi connectivity index (χ3v) is 8.73. The smallest absolute Gasteiger partial charge is 0.265 e. The van der Waals surface area contributed by atoms with E-state index in [0.717, 1.165) is 16.8 Å². The standard InChI is InChI=1S/C25H31N3O5S/c1-5-21-25(30)27-20-13-17(4)23(14-22(20)33-21)34(31,32)28-10-8-18(9-11-28)24(29)26-19-7-6-15(2)16(3)12-19/h6-7,12-14,18,21H,5,8-11H2,1-4H3,(H,26,29)(H,27,30). The van der Waals surface area contributed by atoms with Gasteiger partial charge in [-0.2, -0.15) is 4.31 Å². The van der Waals surface area contributed by atoms with E-state index in [1.165, 1.54) is 10.4 Å². The minimum Gasteiger partial charge on any atom is -0.478 e. The fraction of sp³-hybridized carbons (Fsp3) is 0.440. The molecule has 0 saturated carbocycles. The number of nitrogens with zero attached hydrogens (tertiary/aromatic N) is 1. The lowest BCUT2D eigenvalue weighted by molar-refractivity contribution is -0.123. The van der Waals surface area contributed by atoms with Gasteiger partial charge in [-0.1, -0.05) is 13.0 Å². The van der Waals surface area contributed by atoms with Crippen molar-refractivity contribution < 1.29 is 22.7 Å². The maximum atomic E-state index is 13.4. The van der Waals surface area contributed by atoms with Crippen molar-refractivity contribution in [3.63, 3.8) is 0 Å². The van der Waals surface area contributed by atoms with Crippen LogP contribution in [0.1, 0.15) is 42.9 Å². The molecular weight excluding hydrogens is 454 g/mol. The Balaban J connectivity index is 1.45. The highest BCUT2D eigenvalue weighted by molar-refractivity contribution is 7.89. The predicted octanol–water partition coefficient (Wildman–Crippen LogP) is 3.76. The molecule has 0 spiro atoms. The van der Waals surface area contributed by atoms with Crippen LogP contribution in [0.2, 0.25) is 0 Å². The number of hydrogen-bond donors (Lipinski definition) is 2. The Labute approximate surface area is 200 Å². The lowest BCUT2D eigenvalue weighted by atomic mass is 9.97. The zero-order valence-electron chi connectivity index (χ0n) is 20.0. The first-order valence-electron chi connectivity index (χ1n) is 11.6. The number of sulfonamides is 1. The fourth-order valence-electron chi connectivity index (χ4n) is 4.39. The number of benzene rings is 2. The molecule has 8 nitrogen and oxygen atoms in total. The van der Waals surface area contributed by atoms with Gasteiger partial charge in [0.2, 0.25) is 15.9 Å². The molecule has 0 bridgehead atoms. The van der Waals surface area contributed by atoms with Crippen LogP contribution in [-0.4, -0.2) is 43.7 Å². The molecule has 2 aromatic carbocycles. The first-order valence-corrected chi connectivity index (χ1v) is 13.0. The molecule has 1 atom stereocenters. The van der Waals surface area contributed by atoms with E-state index in [9.17, 15) is 18.0 Å². The number of ether oxygens (including phenoxy) is 1. The van der Waals surface area contributed by atoms with E-state index in [1.54, 1.807) is 13.0 Å². The van der Waals surface area contributed by atoms with E-state index < -0.39 is 16.1 Å². The van der Waals surface area contributed by atoms with Gasteiger partial charge >= 0.3 is 0 Å². The number of anilines is 2. The van der Waals surface area contributed by atoms with Crippen LogP contribution in [-0.2, 0) is 19.6 Å². The number of carbonyl (C=O) groups excluding carboxylic acids is 2. The molecule has 2 amide bonds. The second-order valence-electron chi connectivity index (χ2n) is 9.08. The Hall–Kier alpha value is -2.91. The van der Waals surface area contributed by atoms with E-state index in [1.807, 2.05) is 39.0 Å². The monoisotopic (exact) mass is 485 g/mol. The molecular formula is C25H31N3O5S. The highest BCUT2D eigenvalue weighted by Gasteiger charge is 2.35. The predicted molar refractivity (Wildman–Crippen MR) is 131 cm³/mol.